The van der Waals surface area contributed by atoms with Crippen LogP contribution in [0.4, 0.5) is 5.69 Å². The maximum Gasteiger partial charge on any atom is 0.255 e. The maximum absolute atomic E-state index is 12.9. The summed E-state index contributed by atoms with van der Waals surface area (Å²) in [6.07, 6.45) is 0. The van der Waals surface area contributed by atoms with Gasteiger partial charge < -0.3 is 10.1 Å². The second-order valence-corrected chi connectivity index (χ2v) is 8.83. The summed E-state index contributed by atoms with van der Waals surface area (Å²) in [5.41, 5.74) is 1.23. The van der Waals surface area contributed by atoms with Crippen LogP contribution in [0.3, 0.4) is 0 Å². The van der Waals surface area contributed by atoms with Crippen molar-refractivity contribution in [3.63, 3.8) is 0 Å². The minimum Gasteiger partial charge on any atom is -0.495 e. The number of anilines is 1. The predicted molar refractivity (Wildman–Crippen MR) is 118 cm³/mol. The predicted octanol–water partition coefficient (Wildman–Crippen LogP) is 4.73. The first-order valence-corrected chi connectivity index (χ1v) is 11.0. The third-order valence-electron chi connectivity index (χ3n) is 4.20. The number of hydrogen-bond donors (Lipinski definition) is 2. The van der Waals surface area contributed by atoms with E-state index in [9.17, 15) is 13.2 Å². The Morgan fingerprint density at radius 2 is 1.73 bits per heavy atom. The zero-order valence-corrected chi connectivity index (χ0v) is 18.2. The quantitative estimate of drug-likeness (QED) is 0.528. The van der Waals surface area contributed by atoms with Crippen LogP contribution in [0.5, 0.6) is 5.75 Å². The summed E-state index contributed by atoms with van der Waals surface area (Å²) in [6.45, 7) is 0.0981. The number of benzene rings is 3. The first kappa shape index (κ1) is 22.1. The largest absolute Gasteiger partial charge is 0.495 e. The highest BCUT2D eigenvalue weighted by Crippen LogP contribution is 2.28. The number of amides is 1. The van der Waals surface area contributed by atoms with E-state index in [0.717, 1.165) is 5.56 Å². The van der Waals surface area contributed by atoms with E-state index in [1.807, 2.05) is 18.2 Å². The molecule has 0 heterocycles. The molecule has 0 radical (unpaired) electrons. The third kappa shape index (κ3) is 5.31. The number of rotatable bonds is 7. The van der Waals surface area contributed by atoms with Gasteiger partial charge in [-0.05, 0) is 42.0 Å². The SMILES string of the molecule is COc1ccc(C(=O)Nc2cc(Cl)ccc2Cl)cc1S(=O)(=O)NCc1ccccc1. The lowest BCUT2D eigenvalue weighted by Gasteiger charge is -2.13. The van der Waals surface area contributed by atoms with Gasteiger partial charge >= 0.3 is 0 Å². The molecule has 0 aliphatic heterocycles. The summed E-state index contributed by atoms with van der Waals surface area (Å²) in [6, 6.07) is 17.9. The van der Waals surface area contributed by atoms with E-state index in [4.69, 9.17) is 27.9 Å². The van der Waals surface area contributed by atoms with Crippen LogP contribution in [-0.2, 0) is 16.6 Å². The number of carbonyl (C=O) groups excluding carboxylic acids is 1. The maximum atomic E-state index is 12.9. The molecule has 1 amide bonds. The molecular formula is C21H18Cl2N2O4S. The van der Waals surface area contributed by atoms with Crippen LogP contribution in [0.1, 0.15) is 15.9 Å². The van der Waals surface area contributed by atoms with E-state index < -0.39 is 15.9 Å². The number of hydrogen-bond acceptors (Lipinski definition) is 4. The van der Waals surface area contributed by atoms with Crippen molar-refractivity contribution >= 4 is 44.8 Å². The van der Waals surface area contributed by atoms with Crippen molar-refractivity contribution in [1.29, 1.82) is 0 Å². The summed E-state index contributed by atoms with van der Waals surface area (Å²) in [5.74, 6) is -0.422. The second-order valence-electron chi connectivity index (χ2n) is 6.25. The highest BCUT2D eigenvalue weighted by Gasteiger charge is 2.22. The molecule has 2 N–H and O–H groups in total. The molecule has 0 fully saturated rings. The van der Waals surface area contributed by atoms with Gasteiger partial charge in [0, 0.05) is 17.1 Å². The smallest absolute Gasteiger partial charge is 0.255 e. The molecule has 156 valence electrons. The van der Waals surface area contributed by atoms with E-state index in [1.54, 1.807) is 24.3 Å². The normalized spacial score (nSPS) is 11.2. The Bertz CT molecular complexity index is 1170. The minimum atomic E-state index is -3.95. The molecule has 3 aromatic rings. The average Bonchev–Trinajstić information content (AvgIpc) is 2.75. The molecule has 0 saturated carbocycles. The van der Waals surface area contributed by atoms with Gasteiger partial charge in [-0.3, -0.25) is 4.79 Å². The Balaban J connectivity index is 1.87. The molecule has 6 nitrogen and oxygen atoms in total. The number of nitrogens with one attached hydrogen (secondary N) is 2. The summed E-state index contributed by atoms with van der Waals surface area (Å²) < 4.78 is 33.4. The van der Waals surface area contributed by atoms with Crippen molar-refractivity contribution in [2.75, 3.05) is 12.4 Å². The van der Waals surface area contributed by atoms with Gasteiger partial charge in [0.25, 0.3) is 5.91 Å². The minimum absolute atomic E-state index is 0.0981. The fraction of sp³-hybridized carbons (Fsp3) is 0.0952. The Labute approximate surface area is 184 Å². The Morgan fingerprint density at radius 3 is 2.43 bits per heavy atom. The van der Waals surface area contributed by atoms with Gasteiger partial charge in [0.05, 0.1) is 17.8 Å². The summed E-state index contributed by atoms with van der Waals surface area (Å²) in [4.78, 5) is 12.5. The van der Waals surface area contributed by atoms with Crippen molar-refractivity contribution < 1.29 is 17.9 Å². The fourth-order valence-corrected chi connectivity index (χ4v) is 4.22. The molecule has 3 aromatic carbocycles. The van der Waals surface area contributed by atoms with Gasteiger partial charge in [0.15, 0.2) is 0 Å². The van der Waals surface area contributed by atoms with Crippen LogP contribution in [0.2, 0.25) is 10.0 Å². The van der Waals surface area contributed by atoms with Crippen molar-refractivity contribution in [3.05, 3.63) is 87.9 Å². The summed E-state index contributed by atoms with van der Waals surface area (Å²) in [7, 11) is -2.59. The third-order valence-corrected chi connectivity index (χ3v) is 6.19. The molecule has 0 bridgehead atoms. The monoisotopic (exact) mass is 464 g/mol. The molecule has 0 atom stereocenters. The van der Waals surface area contributed by atoms with Crippen LogP contribution < -0.4 is 14.8 Å². The highest BCUT2D eigenvalue weighted by molar-refractivity contribution is 7.89. The van der Waals surface area contributed by atoms with E-state index in [1.165, 1.54) is 31.4 Å². The zero-order valence-electron chi connectivity index (χ0n) is 15.9. The molecule has 0 unspecified atom stereocenters. The molecule has 3 rings (SSSR count). The van der Waals surface area contributed by atoms with E-state index in [2.05, 4.69) is 10.0 Å². The summed E-state index contributed by atoms with van der Waals surface area (Å²) in [5, 5.41) is 3.33. The van der Waals surface area contributed by atoms with Gasteiger partial charge in [0.1, 0.15) is 10.6 Å². The van der Waals surface area contributed by atoms with Crippen molar-refractivity contribution in [2.24, 2.45) is 0 Å². The average molecular weight is 465 g/mol. The van der Waals surface area contributed by atoms with E-state index in [-0.39, 0.29) is 22.8 Å². The number of methoxy groups -OCH3 is 1. The number of ether oxygens (including phenoxy) is 1. The standard InChI is InChI=1S/C21H18Cl2N2O4S/c1-29-19-10-7-15(21(26)25-18-12-16(22)8-9-17(18)23)11-20(19)30(27,28)24-13-14-5-3-2-4-6-14/h2-12,24H,13H2,1H3,(H,25,26). The van der Waals surface area contributed by atoms with Gasteiger partial charge in [-0.15, -0.1) is 0 Å². The first-order chi connectivity index (χ1) is 14.3. The van der Waals surface area contributed by atoms with Gasteiger partial charge in [-0.25, -0.2) is 13.1 Å². The highest BCUT2D eigenvalue weighted by atomic mass is 35.5. The molecule has 0 spiro atoms. The van der Waals surface area contributed by atoms with E-state index in [0.29, 0.717) is 15.7 Å². The lowest BCUT2D eigenvalue weighted by Crippen LogP contribution is -2.24. The Morgan fingerprint density at radius 1 is 1.00 bits per heavy atom. The Kier molecular flexibility index (Phi) is 6.99. The fourth-order valence-electron chi connectivity index (χ4n) is 2.67. The molecular weight excluding hydrogens is 447 g/mol. The topological polar surface area (TPSA) is 84.5 Å². The lowest BCUT2D eigenvalue weighted by atomic mass is 10.2. The van der Waals surface area contributed by atoms with Crippen molar-refractivity contribution in [2.45, 2.75) is 11.4 Å². The molecule has 0 saturated heterocycles. The number of halogens is 2. The molecule has 9 heteroatoms. The molecule has 0 aliphatic rings. The zero-order chi connectivity index (χ0) is 21.7. The second kappa shape index (κ2) is 9.49. The lowest BCUT2D eigenvalue weighted by molar-refractivity contribution is 0.102. The van der Waals surface area contributed by atoms with Crippen molar-refractivity contribution in [1.82, 2.24) is 4.72 Å². The molecule has 0 aliphatic carbocycles. The molecule has 0 aromatic heterocycles. The van der Waals surface area contributed by atoms with E-state index >= 15 is 0 Å². The van der Waals surface area contributed by atoms with Gasteiger partial charge in [0.2, 0.25) is 10.0 Å². The van der Waals surface area contributed by atoms with Gasteiger partial charge in [-0.1, -0.05) is 53.5 Å². The van der Waals surface area contributed by atoms with Crippen LogP contribution in [0.15, 0.2) is 71.6 Å². The van der Waals surface area contributed by atoms with Gasteiger partial charge in [-0.2, -0.15) is 0 Å². The van der Waals surface area contributed by atoms with Crippen LogP contribution in [0.25, 0.3) is 0 Å². The first-order valence-electron chi connectivity index (χ1n) is 8.78. The van der Waals surface area contributed by atoms with Crippen LogP contribution >= 0.6 is 23.2 Å². The van der Waals surface area contributed by atoms with Crippen LogP contribution in [-0.4, -0.2) is 21.4 Å². The van der Waals surface area contributed by atoms with Crippen LogP contribution in [0, 0.1) is 0 Å². The number of sulfonamides is 1. The summed E-state index contributed by atoms with van der Waals surface area (Å²) >= 11 is 12.0. The molecule has 30 heavy (non-hydrogen) atoms. The Hall–Kier alpha value is -2.58. The number of carbonyl (C=O) groups is 1. The van der Waals surface area contributed by atoms with Crippen molar-refractivity contribution in [3.8, 4) is 5.75 Å².